The monoisotopic (exact) mass is 312 g/mol. The van der Waals surface area contributed by atoms with E-state index in [0.717, 1.165) is 25.7 Å². The molecule has 0 aromatic rings. The Hall–Kier alpha value is -0.570. The molecule has 0 heterocycles. The zero-order valence-electron chi connectivity index (χ0n) is 15.0. The second kappa shape index (κ2) is 10.3. The maximum atomic E-state index is 12.1. The maximum absolute atomic E-state index is 12.1. The highest BCUT2D eigenvalue weighted by Crippen LogP contribution is 2.35. The Morgan fingerprint density at radius 1 is 1.14 bits per heavy atom. The number of aliphatic hydroxyl groups is 1. The summed E-state index contributed by atoms with van der Waals surface area (Å²) >= 11 is 0. The molecule has 1 rings (SSSR count). The van der Waals surface area contributed by atoms with Crippen LogP contribution in [0.2, 0.25) is 0 Å². The van der Waals surface area contributed by atoms with Gasteiger partial charge in [-0.1, -0.05) is 59.8 Å². The molecular weight excluding hydrogens is 276 g/mol. The summed E-state index contributed by atoms with van der Waals surface area (Å²) in [6, 6.07) is 0. The van der Waals surface area contributed by atoms with Crippen LogP contribution in [0.15, 0.2) is 0 Å². The van der Waals surface area contributed by atoms with E-state index in [-0.39, 0.29) is 24.1 Å². The minimum Gasteiger partial charge on any atom is -0.462 e. The Labute approximate surface area is 136 Å². The quantitative estimate of drug-likeness (QED) is 0.495. The van der Waals surface area contributed by atoms with E-state index in [9.17, 15) is 9.90 Å². The van der Waals surface area contributed by atoms with E-state index in [1.807, 2.05) is 0 Å². The van der Waals surface area contributed by atoms with Gasteiger partial charge in [-0.15, -0.1) is 0 Å². The molecule has 0 aromatic carbocycles. The maximum Gasteiger partial charge on any atom is 0.306 e. The Bertz CT molecular complexity index is 314. The third-order valence-corrected chi connectivity index (χ3v) is 4.94. The average Bonchev–Trinajstić information content (AvgIpc) is 2.41. The summed E-state index contributed by atoms with van der Waals surface area (Å²) < 4.78 is 5.73. The van der Waals surface area contributed by atoms with Crippen molar-refractivity contribution in [2.24, 2.45) is 17.8 Å². The fourth-order valence-electron chi connectivity index (χ4n) is 3.74. The van der Waals surface area contributed by atoms with E-state index < -0.39 is 0 Å². The van der Waals surface area contributed by atoms with E-state index in [1.54, 1.807) is 0 Å². The third kappa shape index (κ3) is 6.68. The molecular formula is C19H36O3. The molecule has 3 nitrogen and oxygen atoms in total. The van der Waals surface area contributed by atoms with E-state index >= 15 is 0 Å². The van der Waals surface area contributed by atoms with Gasteiger partial charge < -0.3 is 9.84 Å². The number of aliphatic hydroxyl groups excluding tert-OH is 1. The van der Waals surface area contributed by atoms with Crippen molar-refractivity contribution in [3.63, 3.8) is 0 Å². The normalized spacial score (nSPS) is 28.8. The highest BCUT2D eigenvalue weighted by atomic mass is 16.5. The second-order valence-corrected chi connectivity index (χ2v) is 7.51. The molecule has 4 unspecified atom stereocenters. The van der Waals surface area contributed by atoms with Crippen LogP contribution < -0.4 is 0 Å². The second-order valence-electron chi connectivity index (χ2n) is 7.51. The van der Waals surface area contributed by atoms with Gasteiger partial charge in [0.2, 0.25) is 0 Å². The van der Waals surface area contributed by atoms with Crippen molar-refractivity contribution in [1.29, 1.82) is 0 Å². The van der Waals surface area contributed by atoms with Crippen molar-refractivity contribution in [1.82, 2.24) is 0 Å². The molecule has 0 saturated heterocycles. The standard InChI is InChI=1S/C19H36O3/c1-5-6-7-8-9-10-11-18(21)22-17-13-15(4)12-16(20)19(17)14(2)3/h14-17,19-20H,5-13H2,1-4H3. The third-order valence-electron chi connectivity index (χ3n) is 4.94. The first-order valence-corrected chi connectivity index (χ1v) is 9.33. The lowest BCUT2D eigenvalue weighted by Crippen LogP contribution is -2.44. The highest BCUT2D eigenvalue weighted by molar-refractivity contribution is 5.69. The zero-order valence-corrected chi connectivity index (χ0v) is 15.0. The Morgan fingerprint density at radius 2 is 1.77 bits per heavy atom. The molecule has 0 aliphatic heterocycles. The molecule has 0 bridgehead atoms. The summed E-state index contributed by atoms with van der Waals surface area (Å²) in [4.78, 5) is 12.1. The van der Waals surface area contributed by atoms with Gasteiger partial charge >= 0.3 is 5.97 Å². The summed E-state index contributed by atoms with van der Waals surface area (Å²) in [6.45, 7) is 8.56. The number of hydrogen-bond acceptors (Lipinski definition) is 3. The predicted molar refractivity (Wildman–Crippen MR) is 90.6 cm³/mol. The molecule has 4 atom stereocenters. The molecule has 0 amide bonds. The number of carbonyl (C=O) groups is 1. The Balaban J connectivity index is 2.34. The van der Waals surface area contributed by atoms with Crippen LogP contribution in [0.25, 0.3) is 0 Å². The first kappa shape index (κ1) is 19.5. The van der Waals surface area contributed by atoms with Crippen molar-refractivity contribution in [2.75, 3.05) is 0 Å². The zero-order chi connectivity index (χ0) is 16.5. The Kier molecular flexibility index (Phi) is 9.08. The number of ether oxygens (including phenoxy) is 1. The van der Waals surface area contributed by atoms with Gasteiger partial charge in [0.15, 0.2) is 0 Å². The fourth-order valence-corrected chi connectivity index (χ4v) is 3.74. The first-order chi connectivity index (χ1) is 10.5. The number of carbonyl (C=O) groups excluding carboxylic acids is 1. The number of unbranched alkanes of at least 4 members (excludes halogenated alkanes) is 5. The summed E-state index contributed by atoms with van der Waals surface area (Å²) in [5.74, 6) is 0.781. The first-order valence-electron chi connectivity index (χ1n) is 9.33. The molecule has 1 fully saturated rings. The molecule has 22 heavy (non-hydrogen) atoms. The summed E-state index contributed by atoms with van der Waals surface area (Å²) in [6.07, 6.45) is 8.88. The number of esters is 1. The number of hydrogen-bond donors (Lipinski definition) is 1. The molecule has 0 spiro atoms. The van der Waals surface area contributed by atoms with Gasteiger partial charge in [0.25, 0.3) is 0 Å². The summed E-state index contributed by atoms with van der Waals surface area (Å²) in [5.41, 5.74) is 0. The molecule has 3 heteroatoms. The molecule has 1 N–H and O–H groups in total. The van der Waals surface area contributed by atoms with Crippen LogP contribution in [-0.4, -0.2) is 23.3 Å². The molecule has 0 aromatic heterocycles. The van der Waals surface area contributed by atoms with Crippen LogP contribution in [0.3, 0.4) is 0 Å². The van der Waals surface area contributed by atoms with Gasteiger partial charge in [-0.2, -0.15) is 0 Å². The van der Waals surface area contributed by atoms with Crippen LogP contribution in [0.1, 0.15) is 85.5 Å². The van der Waals surface area contributed by atoms with Crippen LogP contribution in [0.5, 0.6) is 0 Å². The predicted octanol–water partition coefficient (Wildman–Crippen LogP) is 4.71. The van der Waals surface area contributed by atoms with Crippen molar-refractivity contribution in [3.8, 4) is 0 Å². The average molecular weight is 312 g/mol. The van der Waals surface area contributed by atoms with Crippen LogP contribution in [0.4, 0.5) is 0 Å². The van der Waals surface area contributed by atoms with Gasteiger partial charge in [-0.3, -0.25) is 4.79 Å². The van der Waals surface area contributed by atoms with E-state index in [4.69, 9.17) is 4.74 Å². The molecule has 0 radical (unpaired) electrons. The minimum absolute atomic E-state index is 0.0764. The molecule has 130 valence electrons. The fraction of sp³-hybridized carbons (Fsp3) is 0.947. The lowest BCUT2D eigenvalue weighted by molar-refractivity contribution is -0.161. The largest absolute Gasteiger partial charge is 0.462 e. The van der Waals surface area contributed by atoms with Gasteiger partial charge in [-0.25, -0.2) is 0 Å². The summed E-state index contributed by atoms with van der Waals surface area (Å²) in [5, 5.41) is 10.3. The number of rotatable bonds is 9. The van der Waals surface area contributed by atoms with Crippen molar-refractivity contribution in [3.05, 3.63) is 0 Å². The van der Waals surface area contributed by atoms with E-state index in [2.05, 4.69) is 27.7 Å². The van der Waals surface area contributed by atoms with Crippen LogP contribution in [0, 0.1) is 17.8 Å². The van der Waals surface area contributed by atoms with Crippen molar-refractivity contribution < 1.29 is 14.6 Å². The Morgan fingerprint density at radius 3 is 2.41 bits per heavy atom. The van der Waals surface area contributed by atoms with Gasteiger partial charge in [-0.05, 0) is 31.1 Å². The SMILES string of the molecule is CCCCCCCCC(=O)OC1CC(C)CC(O)C1C(C)C. The summed E-state index contributed by atoms with van der Waals surface area (Å²) in [7, 11) is 0. The van der Waals surface area contributed by atoms with Gasteiger partial charge in [0.1, 0.15) is 6.10 Å². The van der Waals surface area contributed by atoms with Crippen molar-refractivity contribution in [2.45, 2.75) is 97.7 Å². The van der Waals surface area contributed by atoms with E-state index in [1.165, 1.54) is 25.7 Å². The lowest BCUT2D eigenvalue weighted by Gasteiger charge is -2.40. The van der Waals surface area contributed by atoms with Crippen LogP contribution >= 0.6 is 0 Å². The molecule has 1 aliphatic rings. The molecule has 1 aliphatic carbocycles. The minimum atomic E-state index is -0.337. The van der Waals surface area contributed by atoms with Crippen molar-refractivity contribution >= 4 is 5.97 Å². The highest BCUT2D eigenvalue weighted by Gasteiger charge is 2.39. The lowest BCUT2D eigenvalue weighted by atomic mass is 9.73. The topological polar surface area (TPSA) is 46.5 Å². The van der Waals surface area contributed by atoms with Crippen LogP contribution in [-0.2, 0) is 9.53 Å². The van der Waals surface area contributed by atoms with E-state index in [0.29, 0.717) is 18.3 Å². The van der Waals surface area contributed by atoms with Gasteiger partial charge in [0.05, 0.1) is 6.10 Å². The molecule has 1 saturated carbocycles. The smallest absolute Gasteiger partial charge is 0.306 e. The van der Waals surface area contributed by atoms with Gasteiger partial charge in [0, 0.05) is 12.3 Å².